The average molecular weight is 463 g/mol. The van der Waals surface area contributed by atoms with Gasteiger partial charge in [-0.1, -0.05) is 101 Å². The van der Waals surface area contributed by atoms with Crippen molar-refractivity contribution in [2.24, 2.45) is 16.7 Å². The second-order valence-electron chi connectivity index (χ2n) is 10.9. The summed E-state index contributed by atoms with van der Waals surface area (Å²) in [5.41, 5.74) is -1.48. The predicted octanol–water partition coefficient (Wildman–Crippen LogP) is 4.28. The van der Waals surface area contributed by atoms with Gasteiger partial charge in [-0.05, 0) is 28.8 Å². The Morgan fingerprint density at radius 2 is 1.58 bits per heavy atom. The smallest absolute Gasteiger partial charge is 0.316 e. The van der Waals surface area contributed by atoms with Crippen LogP contribution in [-0.4, -0.2) is 33.3 Å². The summed E-state index contributed by atoms with van der Waals surface area (Å²) in [6.07, 6.45) is 4.98. The summed E-state index contributed by atoms with van der Waals surface area (Å²) in [6, 6.07) is 20.8. The SMILES string of the molecule is CC(C)(C)[Si](OC[C@@H]1OC(=O)[C@@]2(C)C=CC[C@](C)(C=O)[C@@H]12)(c1ccccc1)c1ccccc1. The van der Waals surface area contributed by atoms with E-state index in [1.54, 1.807) is 0 Å². The molecule has 4 atom stereocenters. The predicted molar refractivity (Wildman–Crippen MR) is 133 cm³/mol. The molecule has 4 rings (SSSR count). The van der Waals surface area contributed by atoms with Crippen molar-refractivity contribution >= 4 is 30.9 Å². The normalized spacial score (nSPS) is 29.4. The van der Waals surface area contributed by atoms with Crippen molar-refractivity contribution in [3.05, 3.63) is 72.8 Å². The summed E-state index contributed by atoms with van der Waals surface area (Å²) in [5.74, 6) is -0.536. The Morgan fingerprint density at radius 3 is 2.06 bits per heavy atom. The first-order valence-electron chi connectivity index (χ1n) is 11.7. The van der Waals surface area contributed by atoms with E-state index in [1.807, 2.05) is 38.1 Å². The highest BCUT2D eigenvalue weighted by Gasteiger charge is 2.62. The van der Waals surface area contributed by atoms with E-state index in [0.29, 0.717) is 6.42 Å². The van der Waals surface area contributed by atoms with Crippen molar-refractivity contribution in [3.63, 3.8) is 0 Å². The third-order valence-corrected chi connectivity index (χ3v) is 12.6. The van der Waals surface area contributed by atoms with Crippen LogP contribution in [0.25, 0.3) is 0 Å². The van der Waals surface area contributed by atoms with E-state index in [9.17, 15) is 9.59 Å². The van der Waals surface area contributed by atoms with Crippen LogP contribution in [0.1, 0.15) is 41.0 Å². The lowest BCUT2D eigenvalue weighted by Crippen LogP contribution is -2.67. The molecule has 0 spiro atoms. The van der Waals surface area contributed by atoms with Gasteiger partial charge in [-0.25, -0.2) is 0 Å². The number of ether oxygens (including phenoxy) is 1. The Morgan fingerprint density at radius 1 is 1.03 bits per heavy atom. The molecule has 2 aromatic rings. The van der Waals surface area contributed by atoms with Crippen molar-refractivity contribution in [2.45, 2.75) is 52.2 Å². The summed E-state index contributed by atoms with van der Waals surface area (Å²) in [5, 5.41) is 2.18. The molecule has 0 N–H and O–H groups in total. The Labute approximate surface area is 198 Å². The minimum Gasteiger partial charge on any atom is -0.459 e. The van der Waals surface area contributed by atoms with Gasteiger partial charge < -0.3 is 14.0 Å². The molecule has 1 heterocycles. The van der Waals surface area contributed by atoms with Gasteiger partial charge in [0.05, 0.1) is 12.0 Å². The molecule has 1 saturated heterocycles. The van der Waals surface area contributed by atoms with Crippen LogP contribution in [0.15, 0.2) is 72.8 Å². The Balaban J connectivity index is 1.78. The van der Waals surface area contributed by atoms with Crippen LogP contribution in [0.3, 0.4) is 0 Å². The zero-order valence-electron chi connectivity index (χ0n) is 20.2. The number of benzene rings is 2. The van der Waals surface area contributed by atoms with Crippen molar-refractivity contribution in [2.75, 3.05) is 6.61 Å². The number of rotatable bonds is 6. The first-order valence-corrected chi connectivity index (χ1v) is 13.6. The largest absolute Gasteiger partial charge is 0.459 e. The maximum atomic E-state index is 13.0. The van der Waals surface area contributed by atoms with Crippen molar-refractivity contribution in [3.8, 4) is 0 Å². The molecule has 1 fully saturated rings. The summed E-state index contributed by atoms with van der Waals surface area (Å²) in [4.78, 5) is 25.2. The van der Waals surface area contributed by atoms with Crippen LogP contribution in [0.4, 0.5) is 0 Å². The molecule has 4 nitrogen and oxygen atoms in total. The van der Waals surface area contributed by atoms with Crippen LogP contribution in [-0.2, 0) is 18.8 Å². The van der Waals surface area contributed by atoms with E-state index in [2.05, 4.69) is 69.3 Å². The molecule has 0 saturated carbocycles. The minimum absolute atomic E-state index is 0.179. The zero-order valence-corrected chi connectivity index (χ0v) is 21.2. The molecule has 1 aliphatic carbocycles. The van der Waals surface area contributed by atoms with Gasteiger partial charge in [0.25, 0.3) is 8.32 Å². The number of carbonyl (C=O) groups is 2. The number of allylic oxidation sites excluding steroid dienone is 1. The van der Waals surface area contributed by atoms with E-state index < -0.39 is 25.3 Å². The highest BCUT2D eigenvalue weighted by Crippen LogP contribution is 2.54. The maximum absolute atomic E-state index is 13.0. The number of hydrogen-bond donors (Lipinski definition) is 0. The highest BCUT2D eigenvalue weighted by molar-refractivity contribution is 6.99. The second-order valence-corrected chi connectivity index (χ2v) is 15.2. The fourth-order valence-corrected chi connectivity index (χ4v) is 10.6. The molecule has 1 aliphatic heterocycles. The summed E-state index contributed by atoms with van der Waals surface area (Å²) in [6.45, 7) is 10.8. The molecule has 2 aromatic carbocycles. The van der Waals surface area contributed by atoms with E-state index in [4.69, 9.17) is 9.16 Å². The molecule has 0 aromatic heterocycles. The van der Waals surface area contributed by atoms with Gasteiger partial charge >= 0.3 is 5.97 Å². The number of esters is 1. The number of cyclic esters (lactones) is 1. The van der Waals surface area contributed by atoms with Gasteiger partial charge in [0, 0.05) is 11.3 Å². The minimum atomic E-state index is -2.77. The molecular weight excluding hydrogens is 428 g/mol. The number of aldehydes is 1. The monoisotopic (exact) mass is 462 g/mol. The number of carbonyl (C=O) groups excluding carboxylic acids is 2. The van der Waals surface area contributed by atoms with Gasteiger partial charge in [0.15, 0.2) is 0 Å². The van der Waals surface area contributed by atoms with Crippen LogP contribution in [0.2, 0.25) is 5.04 Å². The molecule has 0 radical (unpaired) electrons. The van der Waals surface area contributed by atoms with E-state index in [1.165, 1.54) is 10.4 Å². The fraction of sp³-hybridized carbons (Fsp3) is 0.429. The van der Waals surface area contributed by atoms with Gasteiger partial charge in [-0.2, -0.15) is 0 Å². The maximum Gasteiger partial charge on any atom is 0.316 e. The third kappa shape index (κ3) is 3.71. The lowest BCUT2D eigenvalue weighted by molar-refractivity contribution is -0.147. The molecule has 0 amide bonds. The Bertz CT molecular complexity index is 1000. The van der Waals surface area contributed by atoms with Crippen LogP contribution >= 0.6 is 0 Å². The van der Waals surface area contributed by atoms with E-state index in [-0.39, 0.29) is 23.5 Å². The first-order chi connectivity index (χ1) is 15.6. The third-order valence-electron chi connectivity index (χ3n) is 7.60. The quantitative estimate of drug-likeness (QED) is 0.278. The molecule has 5 heteroatoms. The number of hydrogen-bond acceptors (Lipinski definition) is 4. The van der Waals surface area contributed by atoms with Crippen LogP contribution in [0.5, 0.6) is 0 Å². The average Bonchev–Trinajstić information content (AvgIpc) is 3.06. The van der Waals surface area contributed by atoms with Crippen molar-refractivity contribution in [1.29, 1.82) is 0 Å². The molecule has 174 valence electrons. The summed E-state index contributed by atoms with van der Waals surface area (Å²) < 4.78 is 13.0. The summed E-state index contributed by atoms with van der Waals surface area (Å²) in [7, 11) is -2.77. The highest BCUT2D eigenvalue weighted by atomic mass is 28.4. The lowest BCUT2D eigenvalue weighted by atomic mass is 9.59. The molecule has 0 bridgehead atoms. The lowest BCUT2D eigenvalue weighted by Gasteiger charge is -2.45. The molecule has 33 heavy (non-hydrogen) atoms. The molecular formula is C28H34O4Si. The summed E-state index contributed by atoms with van der Waals surface area (Å²) >= 11 is 0. The van der Waals surface area contributed by atoms with Crippen molar-refractivity contribution in [1.82, 2.24) is 0 Å². The first kappa shape index (κ1) is 23.6. The van der Waals surface area contributed by atoms with Gasteiger partial charge in [0.2, 0.25) is 0 Å². The Kier molecular flexibility index (Phi) is 6.00. The van der Waals surface area contributed by atoms with Crippen LogP contribution in [0, 0.1) is 16.7 Å². The molecule has 0 unspecified atom stereocenters. The molecule has 2 aliphatic rings. The topological polar surface area (TPSA) is 52.6 Å². The van der Waals surface area contributed by atoms with E-state index in [0.717, 1.165) is 6.29 Å². The zero-order chi connectivity index (χ0) is 23.9. The van der Waals surface area contributed by atoms with Gasteiger partial charge in [-0.15, -0.1) is 0 Å². The van der Waals surface area contributed by atoms with Crippen molar-refractivity contribution < 1.29 is 18.8 Å². The van der Waals surface area contributed by atoms with Crippen LogP contribution < -0.4 is 10.4 Å². The van der Waals surface area contributed by atoms with Gasteiger partial charge in [-0.3, -0.25) is 4.79 Å². The second kappa shape index (κ2) is 8.37. The van der Waals surface area contributed by atoms with E-state index >= 15 is 0 Å². The Hall–Kier alpha value is -2.50. The fourth-order valence-electron chi connectivity index (χ4n) is 6.03. The standard InChI is InChI=1S/C28H34O4Si/c1-26(2,3)33(21-13-8-6-9-14-21,22-15-10-7-11-16-22)31-19-23-24-27(4,20-29)17-12-18-28(24,5)25(30)32-23/h6-16,18,20,23-24H,17,19H2,1-5H3/t23-,24+,27+,28-/m0/s1. The number of fused-ring (bicyclic) bond motifs is 1. The van der Waals surface area contributed by atoms with Gasteiger partial charge in [0.1, 0.15) is 12.4 Å².